The van der Waals surface area contributed by atoms with E-state index in [1.165, 1.54) is 14.2 Å². The molecule has 0 spiro atoms. The first-order chi connectivity index (χ1) is 11.1. The van der Waals surface area contributed by atoms with Crippen molar-refractivity contribution in [2.24, 2.45) is 0 Å². The second-order valence-electron chi connectivity index (χ2n) is 4.88. The van der Waals surface area contributed by atoms with Crippen LogP contribution in [-0.2, 0) is 0 Å². The summed E-state index contributed by atoms with van der Waals surface area (Å²) >= 11 is 0. The molecule has 0 saturated heterocycles. The Kier molecular flexibility index (Phi) is 5.11. The topological polar surface area (TPSA) is 65.0 Å². The third-order valence-electron chi connectivity index (χ3n) is 3.65. The lowest BCUT2D eigenvalue weighted by Crippen LogP contribution is -2.02. The highest BCUT2D eigenvalue weighted by molar-refractivity contribution is 5.96. The van der Waals surface area contributed by atoms with E-state index in [1.54, 1.807) is 19.1 Å². The minimum absolute atomic E-state index is 0.149. The Labute approximate surface area is 135 Å². The van der Waals surface area contributed by atoms with Gasteiger partial charge in [-0.3, -0.25) is 4.79 Å². The third-order valence-corrected chi connectivity index (χ3v) is 3.65. The van der Waals surface area contributed by atoms with Gasteiger partial charge in [0, 0.05) is 22.3 Å². The van der Waals surface area contributed by atoms with Crippen molar-refractivity contribution in [1.29, 1.82) is 0 Å². The SMILES string of the molecule is CCOc1ccccc1-c1c(O)c(OC)c(OC)c(C)c1C=O. The number of aromatic hydroxyl groups is 1. The number of benzene rings is 2. The van der Waals surface area contributed by atoms with E-state index in [0.29, 0.717) is 46.6 Å². The maximum Gasteiger partial charge on any atom is 0.204 e. The van der Waals surface area contributed by atoms with Crippen LogP contribution in [0.15, 0.2) is 24.3 Å². The zero-order chi connectivity index (χ0) is 17.0. The number of phenolic OH excluding ortho intramolecular Hbond substituents is 1. The van der Waals surface area contributed by atoms with Crippen LogP contribution in [-0.4, -0.2) is 32.2 Å². The van der Waals surface area contributed by atoms with E-state index >= 15 is 0 Å². The first-order valence-corrected chi connectivity index (χ1v) is 7.25. The molecule has 0 aliphatic carbocycles. The molecule has 0 fully saturated rings. The molecule has 2 rings (SSSR count). The first kappa shape index (κ1) is 16.7. The largest absolute Gasteiger partial charge is 0.504 e. The zero-order valence-corrected chi connectivity index (χ0v) is 13.7. The fourth-order valence-corrected chi connectivity index (χ4v) is 2.64. The molecule has 0 heterocycles. The van der Waals surface area contributed by atoms with Crippen LogP contribution in [0.5, 0.6) is 23.0 Å². The van der Waals surface area contributed by atoms with E-state index < -0.39 is 0 Å². The monoisotopic (exact) mass is 316 g/mol. The second-order valence-corrected chi connectivity index (χ2v) is 4.88. The zero-order valence-electron chi connectivity index (χ0n) is 13.7. The number of methoxy groups -OCH3 is 2. The second kappa shape index (κ2) is 7.05. The van der Waals surface area contributed by atoms with E-state index in [9.17, 15) is 9.90 Å². The summed E-state index contributed by atoms with van der Waals surface area (Å²) in [5, 5.41) is 10.7. The van der Waals surface area contributed by atoms with Crippen LogP contribution in [0.25, 0.3) is 11.1 Å². The Bertz CT molecular complexity index is 722. The van der Waals surface area contributed by atoms with Gasteiger partial charge in [-0.15, -0.1) is 0 Å². The predicted octanol–water partition coefficient (Wildman–Crippen LogP) is 3.60. The van der Waals surface area contributed by atoms with E-state index in [2.05, 4.69) is 0 Å². The summed E-state index contributed by atoms with van der Waals surface area (Å²) in [6.45, 7) is 4.09. The van der Waals surface area contributed by atoms with Crippen LogP contribution in [0, 0.1) is 6.92 Å². The molecule has 23 heavy (non-hydrogen) atoms. The van der Waals surface area contributed by atoms with Gasteiger partial charge in [0.1, 0.15) is 5.75 Å². The molecule has 0 saturated carbocycles. The minimum Gasteiger partial charge on any atom is -0.504 e. The Balaban J connectivity index is 2.87. The molecule has 0 unspecified atom stereocenters. The van der Waals surface area contributed by atoms with E-state index in [0.717, 1.165) is 0 Å². The number of rotatable bonds is 6. The highest BCUT2D eigenvalue weighted by Crippen LogP contribution is 2.49. The van der Waals surface area contributed by atoms with Gasteiger partial charge in [0.05, 0.1) is 20.8 Å². The lowest BCUT2D eigenvalue weighted by atomic mass is 9.93. The summed E-state index contributed by atoms with van der Waals surface area (Å²) in [4.78, 5) is 11.7. The summed E-state index contributed by atoms with van der Waals surface area (Å²) in [5.41, 5.74) is 1.93. The molecule has 5 heteroatoms. The van der Waals surface area contributed by atoms with Crippen molar-refractivity contribution < 1.29 is 24.1 Å². The summed E-state index contributed by atoms with van der Waals surface area (Å²) in [6.07, 6.45) is 0.703. The average Bonchev–Trinajstić information content (AvgIpc) is 2.56. The molecular formula is C18H20O5. The van der Waals surface area contributed by atoms with Gasteiger partial charge < -0.3 is 19.3 Å². The molecule has 0 atom stereocenters. The van der Waals surface area contributed by atoms with Crippen LogP contribution in [0.3, 0.4) is 0 Å². The smallest absolute Gasteiger partial charge is 0.204 e. The van der Waals surface area contributed by atoms with Crippen LogP contribution >= 0.6 is 0 Å². The van der Waals surface area contributed by atoms with Gasteiger partial charge in [-0.2, -0.15) is 0 Å². The lowest BCUT2D eigenvalue weighted by molar-refractivity contribution is 0.112. The van der Waals surface area contributed by atoms with Crippen molar-refractivity contribution >= 4 is 6.29 Å². The molecular weight excluding hydrogens is 296 g/mol. The number of para-hydroxylation sites is 1. The Hall–Kier alpha value is -2.69. The minimum atomic E-state index is -0.149. The maximum atomic E-state index is 11.7. The van der Waals surface area contributed by atoms with Crippen LogP contribution < -0.4 is 14.2 Å². The predicted molar refractivity (Wildman–Crippen MR) is 87.9 cm³/mol. The van der Waals surface area contributed by atoms with Gasteiger partial charge in [0.25, 0.3) is 0 Å². The van der Waals surface area contributed by atoms with E-state index in [1.807, 2.05) is 19.1 Å². The van der Waals surface area contributed by atoms with Crippen LogP contribution in [0.2, 0.25) is 0 Å². The van der Waals surface area contributed by atoms with Crippen molar-refractivity contribution in [3.05, 3.63) is 35.4 Å². The van der Waals surface area contributed by atoms with Crippen molar-refractivity contribution in [2.75, 3.05) is 20.8 Å². The molecule has 0 amide bonds. The number of carbonyl (C=O) groups is 1. The molecule has 2 aromatic rings. The van der Waals surface area contributed by atoms with Crippen molar-refractivity contribution in [1.82, 2.24) is 0 Å². The van der Waals surface area contributed by atoms with Crippen molar-refractivity contribution in [2.45, 2.75) is 13.8 Å². The van der Waals surface area contributed by atoms with Gasteiger partial charge >= 0.3 is 0 Å². The fraction of sp³-hybridized carbons (Fsp3) is 0.278. The number of hydrogen-bond donors (Lipinski definition) is 1. The molecule has 2 aromatic carbocycles. The number of aldehydes is 1. The number of hydrogen-bond acceptors (Lipinski definition) is 5. The molecule has 0 radical (unpaired) electrons. The maximum absolute atomic E-state index is 11.7. The number of carbonyl (C=O) groups excluding carboxylic acids is 1. The molecule has 0 bridgehead atoms. The highest BCUT2D eigenvalue weighted by atomic mass is 16.5. The summed E-state index contributed by atoms with van der Waals surface area (Å²) in [5.74, 6) is 0.964. The molecule has 1 N–H and O–H groups in total. The number of phenols is 1. The van der Waals surface area contributed by atoms with Gasteiger partial charge in [-0.25, -0.2) is 0 Å². The highest BCUT2D eigenvalue weighted by Gasteiger charge is 2.25. The van der Waals surface area contributed by atoms with Gasteiger partial charge in [0.2, 0.25) is 5.75 Å². The first-order valence-electron chi connectivity index (χ1n) is 7.25. The van der Waals surface area contributed by atoms with Crippen LogP contribution in [0.4, 0.5) is 0 Å². The standard InChI is InChI=1S/C18H20O5/c1-5-23-14-9-7-6-8-12(14)15-13(10-19)11(2)17(21-3)18(22-4)16(15)20/h6-10,20H,5H2,1-4H3. The Morgan fingerprint density at radius 2 is 1.78 bits per heavy atom. The quantitative estimate of drug-likeness (QED) is 0.825. The van der Waals surface area contributed by atoms with Crippen molar-refractivity contribution in [3.63, 3.8) is 0 Å². The van der Waals surface area contributed by atoms with Gasteiger partial charge in [-0.1, -0.05) is 18.2 Å². The third kappa shape index (κ3) is 2.82. The summed E-state index contributed by atoms with van der Waals surface area (Å²) < 4.78 is 16.2. The van der Waals surface area contributed by atoms with Gasteiger partial charge in [0.15, 0.2) is 17.8 Å². The average molecular weight is 316 g/mol. The van der Waals surface area contributed by atoms with Gasteiger partial charge in [-0.05, 0) is 19.9 Å². The lowest BCUT2D eigenvalue weighted by Gasteiger charge is -2.19. The summed E-state index contributed by atoms with van der Waals surface area (Å²) in [7, 11) is 2.91. The summed E-state index contributed by atoms with van der Waals surface area (Å²) in [6, 6.07) is 7.23. The van der Waals surface area contributed by atoms with E-state index in [-0.39, 0.29) is 11.5 Å². The number of ether oxygens (including phenoxy) is 3. The Morgan fingerprint density at radius 1 is 1.13 bits per heavy atom. The molecule has 0 aliphatic rings. The normalized spacial score (nSPS) is 10.3. The van der Waals surface area contributed by atoms with E-state index in [4.69, 9.17) is 14.2 Å². The molecule has 5 nitrogen and oxygen atoms in total. The fourth-order valence-electron chi connectivity index (χ4n) is 2.64. The van der Waals surface area contributed by atoms with Crippen LogP contribution in [0.1, 0.15) is 22.8 Å². The molecule has 0 aromatic heterocycles. The molecule has 0 aliphatic heterocycles. The van der Waals surface area contributed by atoms with Crippen molar-refractivity contribution in [3.8, 4) is 34.1 Å². The molecule has 122 valence electrons. The Morgan fingerprint density at radius 3 is 2.35 bits per heavy atom.